The van der Waals surface area contributed by atoms with Gasteiger partial charge in [-0.05, 0) is 18.2 Å². The molecule has 1 saturated heterocycles. The van der Waals surface area contributed by atoms with E-state index in [1.54, 1.807) is 6.07 Å². The van der Waals surface area contributed by atoms with Crippen LogP contribution in [0.1, 0.15) is 0 Å². The fourth-order valence-corrected chi connectivity index (χ4v) is 3.50. The van der Waals surface area contributed by atoms with Crippen LogP contribution >= 0.6 is 0 Å². The summed E-state index contributed by atoms with van der Waals surface area (Å²) in [5.74, 6) is 0.0686. The summed E-state index contributed by atoms with van der Waals surface area (Å²) in [6.45, 7) is 3.64. The van der Waals surface area contributed by atoms with Crippen molar-refractivity contribution in [1.82, 2.24) is 14.5 Å². The van der Waals surface area contributed by atoms with E-state index in [4.69, 9.17) is 4.74 Å². The fraction of sp³-hybridized carbons (Fsp3) is 0.533. The van der Waals surface area contributed by atoms with Crippen LogP contribution < -0.4 is 15.4 Å². The number of benzene rings is 1. The zero-order chi connectivity index (χ0) is 17.7. The van der Waals surface area contributed by atoms with Gasteiger partial charge in [-0.1, -0.05) is 0 Å². The van der Waals surface area contributed by atoms with Gasteiger partial charge in [-0.3, -0.25) is 9.69 Å². The first kappa shape index (κ1) is 18.7. The smallest absolute Gasteiger partial charge is 0.246 e. The quantitative estimate of drug-likeness (QED) is 0.733. The highest BCUT2D eigenvalue weighted by Crippen LogP contribution is 2.28. The van der Waals surface area contributed by atoms with Crippen LogP contribution in [-0.2, 0) is 14.8 Å². The molecular weight excluding hydrogens is 332 g/mol. The minimum atomic E-state index is -3.67. The second kappa shape index (κ2) is 7.93. The second-order valence-corrected chi connectivity index (χ2v) is 7.85. The van der Waals surface area contributed by atoms with E-state index in [1.807, 2.05) is 4.90 Å². The number of sulfonamides is 1. The lowest BCUT2D eigenvalue weighted by Crippen LogP contribution is -2.46. The molecule has 1 aromatic rings. The summed E-state index contributed by atoms with van der Waals surface area (Å²) in [6, 6.07) is 4.59. The Hall–Kier alpha value is -1.68. The Bertz CT molecular complexity index is 685. The van der Waals surface area contributed by atoms with Gasteiger partial charge >= 0.3 is 0 Å². The number of carbonyl (C=O) groups excluding carboxylic acids is 1. The van der Waals surface area contributed by atoms with Gasteiger partial charge < -0.3 is 15.4 Å². The number of rotatable bonds is 6. The molecule has 2 N–H and O–H groups in total. The largest absolute Gasteiger partial charge is 0.495 e. The molecule has 134 valence electrons. The minimum absolute atomic E-state index is 0.0231. The molecule has 8 nitrogen and oxygen atoms in total. The number of nitrogens with zero attached hydrogens (tertiary/aromatic N) is 2. The number of methoxy groups -OCH3 is 1. The van der Waals surface area contributed by atoms with Crippen molar-refractivity contribution in [2.24, 2.45) is 0 Å². The first-order valence-corrected chi connectivity index (χ1v) is 9.12. The predicted molar refractivity (Wildman–Crippen MR) is 91.8 cm³/mol. The average molecular weight is 356 g/mol. The van der Waals surface area contributed by atoms with Crippen LogP contribution in [0.15, 0.2) is 23.1 Å². The Morgan fingerprint density at radius 3 is 2.58 bits per heavy atom. The summed E-state index contributed by atoms with van der Waals surface area (Å²) in [7, 11) is 0.640. The third kappa shape index (κ3) is 4.44. The first-order chi connectivity index (χ1) is 11.3. The van der Waals surface area contributed by atoms with Gasteiger partial charge in [-0.2, -0.15) is 0 Å². The van der Waals surface area contributed by atoms with E-state index >= 15 is 0 Å². The Morgan fingerprint density at radius 1 is 1.33 bits per heavy atom. The van der Waals surface area contributed by atoms with Gasteiger partial charge in [0.15, 0.2) is 0 Å². The van der Waals surface area contributed by atoms with Gasteiger partial charge in [-0.15, -0.1) is 0 Å². The molecule has 24 heavy (non-hydrogen) atoms. The molecule has 1 amide bonds. The molecule has 1 heterocycles. The van der Waals surface area contributed by atoms with Crippen molar-refractivity contribution >= 4 is 21.6 Å². The summed E-state index contributed by atoms with van der Waals surface area (Å²) in [5.41, 5.74) is 0.427. The summed E-state index contributed by atoms with van der Waals surface area (Å²) < 4.78 is 31.0. The maximum atomic E-state index is 12.4. The van der Waals surface area contributed by atoms with E-state index in [-0.39, 0.29) is 23.1 Å². The minimum Gasteiger partial charge on any atom is -0.495 e. The monoisotopic (exact) mass is 356 g/mol. The number of nitrogens with one attached hydrogen (secondary N) is 2. The van der Waals surface area contributed by atoms with Gasteiger partial charge in [0, 0.05) is 46.0 Å². The third-order valence-electron chi connectivity index (χ3n) is 3.78. The molecule has 1 aliphatic rings. The van der Waals surface area contributed by atoms with Crippen molar-refractivity contribution in [3.63, 3.8) is 0 Å². The zero-order valence-corrected chi connectivity index (χ0v) is 15.0. The van der Waals surface area contributed by atoms with Crippen molar-refractivity contribution in [2.75, 3.05) is 59.2 Å². The number of carbonyl (C=O) groups is 1. The zero-order valence-electron chi connectivity index (χ0n) is 14.2. The molecule has 9 heteroatoms. The summed E-state index contributed by atoms with van der Waals surface area (Å²) >= 11 is 0. The normalized spacial score (nSPS) is 16.2. The molecular formula is C15H24N4O4S. The van der Waals surface area contributed by atoms with Crippen LogP contribution in [-0.4, -0.2) is 77.5 Å². The van der Waals surface area contributed by atoms with E-state index in [2.05, 4.69) is 10.6 Å². The highest BCUT2D eigenvalue weighted by atomic mass is 32.2. The molecule has 0 unspecified atom stereocenters. The lowest BCUT2D eigenvalue weighted by Gasteiger charge is -2.26. The second-order valence-electron chi connectivity index (χ2n) is 5.73. The molecule has 0 aromatic heterocycles. The summed E-state index contributed by atoms with van der Waals surface area (Å²) in [6.07, 6.45) is 0. The lowest BCUT2D eigenvalue weighted by molar-refractivity contribution is -0.117. The van der Waals surface area contributed by atoms with Crippen molar-refractivity contribution < 1.29 is 17.9 Å². The van der Waals surface area contributed by atoms with Gasteiger partial charge in [0.05, 0.1) is 13.7 Å². The highest BCUT2D eigenvalue weighted by molar-refractivity contribution is 7.89. The third-order valence-corrected chi connectivity index (χ3v) is 5.62. The maximum Gasteiger partial charge on any atom is 0.246 e. The number of hydrogen-bond acceptors (Lipinski definition) is 6. The number of ether oxygens (including phenoxy) is 1. The van der Waals surface area contributed by atoms with E-state index in [1.165, 1.54) is 33.3 Å². The fourth-order valence-electron chi connectivity index (χ4n) is 2.43. The molecule has 0 aliphatic carbocycles. The van der Waals surface area contributed by atoms with E-state index in [9.17, 15) is 13.2 Å². The average Bonchev–Trinajstić information content (AvgIpc) is 2.55. The van der Waals surface area contributed by atoms with Crippen molar-refractivity contribution in [2.45, 2.75) is 4.90 Å². The van der Waals surface area contributed by atoms with Gasteiger partial charge in [0.1, 0.15) is 10.6 Å². The maximum absolute atomic E-state index is 12.4. The molecule has 1 aromatic carbocycles. The number of piperazine rings is 1. The van der Waals surface area contributed by atoms with Crippen LogP contribution in [0.5, 0.6) is 5.75 Å². The molecule has 0 radical (unpaired) electrons. The molecule has 0 spiro atoms. The van der Waals surface area contributed by atoms with Crippen molar-refractivity contribution in [3.05, 3.63) is 18.2 Å². The number of anilines is 1. The topological polar surface area (TPSA) is 91.0 Å². The SMILES string of the molecule is COc1ccc(NC(=O)CN2CCNCC2)cc1S(=O)(=O)N(C)C. The summed E-state index contributed by atoms with van der Waals surface area (Å²) in [5, 5.41) is 5.98. The number of amides is 1. The first-order valence-electron chi connectivity index (χ1n) is 7.68. The van der Waals surface area contributed by atoms with Crippen LogP contribution in [0.25, 0.3) is 0 Å². The van der Waals surface area contributed by atoms with Crippen molar-refractivity contribution in [3.8, 4) is 5.75 Å². The lowest BCUT2D eigenvalue weighted by atomic mass is 10.3. The Kier molecular flexibility index (Phi) is 6.16. The Labute approximate surface area is 142 Å². The van der Waals surface area contributed by atoms with Crippen LogP contribution in [0.4, 0.5) is 5.69 Å². The molecule has 1 aliphatic heterocycles. The van der Waals surface area contributed by atoms with Crippen molar-refractivity contribution in [1.29, 1.82) is 0 Å². The van der Waals surface area contributed by atoms with Gasteiger partial charge in [0.2, 0.25) is 15.9 Å². The standard InChI is InChI=1S/C15H24N4O4S/c1-18(2)24(21,22)14-10-12(4-5-13(14)23-3)17-15(20)11-19-8-6-16-7-9-19/h4-5,10,16H,6-9,11H2,1-3H3,(H,17,20). The van der Waals surface area contributed by atoms with E-state index in [0.29, 0.717) is 5.69 Å². The van der Waals surface area contributed by atoms with Gasteiger partial charge in [-0.25, -0.2) is 12.7 Å². The van der Waals surface area contributed by atoms with Crippen LogP contribution in [0.2, 0.25) is 0 Å². The molecule has 0 atom stereocenters. The van der Waals surface area contributed by atoms with E-state index < -0.39 is 10.0 Å². The highest BCUT2D eigenvalue weighted by Gasteiger charge is 2.23. The number of hydrogen-bond donors (Lipinski definition) is 2. The Balaban J connectivity index is 2.15. The predicted octanol–water partition coefficient (Wildman–Crippen LogP) is -0.211. The van der Waals surface area contributed by atoms with E-state index in [0.717, 1.165) is 30.5 Å². The Morgan fingerprint density at radius 2 is 2.00 bits per heavy atom. The van der Waals surface area contributed by atoms with Crippen LogP contribution in [0, 0.1) is 0 Å². The molecule has 0 saturated carbocycles. The molecule has 0 bridgehead atoms. The molecule has 1 fully saturated rings. The van der Waals surface area contributed by atoms with Gasteiger partial charge in [0.25, 0.3) is 0 Å². The summed E-state index contributed by atoms with van der Waals surface area (Å²) in [4.78, 5) is 14.2. The van der Waals surface area contributed by atoms with Crippen LogP contribution in [0.3, 0.4) is 0 Å². The molecule has 2 rings (SSSR count).